The fourth-order valence-corrected chi connectivity index (χ4v) is 2.07. The third-order valence-corrected chi connectivity index (χ3v) is 3.19. The molecule has 1 aromatic rings. The van der Waals surface area contributed by atoms with Gasteiger partial charge in [-0.2, -0.15) is 5.10 Å². The molecule has 1 amide bonds. The second-order valence-corrected chi connectivity index (χ2v) is 4.53. The van der Waals surface area contributed by atoms with Crippen molar-refractivity contribution in [3.63, 3.8) is 0 Å². The van der Waals surface area contributed by atoms with E-state index in [0.29, 0.717) is 42.8 Å². The lowest BCUT2D eigenvalue weighted by Crippen LogP contribution is -2.40. The molecule has 0 bridgehead atoms. The van der Waals surface area contributed by atoms with Crippen LogP contribution >= 0.6 is 11.6 Å². The predicted octanol–water partition coefficient (Wildman–Crippen LogP) is 0.527. The predicted molar refractivity (Wildman–Crippen MR) is 65.8 cm³/mol. The van der Waals surface area contributed by atoms with Gasteiger partial charge in [-0.05, 0) is 6.92 Å². The van der Waals surface area contributed by atoms with Crippen LogP contribution in [0.4, 0.5) is 0 Å². The highest BCUT2D eigenvalue weighted by Crippen LogP contribution is 2.19. The molecule has 0 radical (unpaired) electrons. The molecule has 0 saturated carbocycles. The van der Waals surface area contributed by atoms with Crippen LogP contribution in [0.3, 0.4) is 0 Å². The van der Waals surface area contributed by atoms with Crippen molar-refractivity contribution >= 4 is 17.5 Å². The summed E-state index contributed by atoms with van der Waals surface area (Å²) >= 11 is 6.03. The van der Waals surface area contributed by atoms with E-state index in [1.807, 2.05) is 0 Å². The van der Waals surface area contributed by atoms with E-state index >= 15 is 0 Å². The summed E-state index contributed by atoms with van der Waals surface area (Å²) in [5, 5.41) is 7.25. The van der Waals surface area contributed by atoms with Gasteiger partial charge in [-0.15, -0.1) is 0 Å². The van der Waals surface area contributed by atoms with Crippen LogP contribution in [0.2, 0.25) is 5.02 Å². The Balaban J connectivity index is 1.95. The molecule has 2 heterocycles. The number of rotatable bonds is 3. The van der Waals surface area contributed by atoms with Crippen molar-refractivity contribution in [1.29, 1.82) is 0 Å². The van der Waals surface area contributed by atoms with Crippen LogP contribution in [0.25, 0.3) is 0 Å². The van der Waals surface area contributed by atoms with Crippen molar-refractivity contribution in [2.45, 2.75) is 13.0 Å². The van der Waals surface area contributed by atoms with Crippen LogP contribution < -0.4 is 5.32 Å². The second-order valence-electron chi connectivity index (χ2n) is 4.15. The van der Waals surface area contributed by atoms with E-state index in [1.54, 1.807) is 14.0 Å². The number of carbonyl (C=O) groups excluding carboxylic acids is 1. The topological polar surface area (TPSA) is 65.4 Å². The molecule has 0 spiro atoms. The molecule has 6 nitrogen and oxygen atoms in total. The van der Waals surface area contributed by atoms with Crippen LogP contribution in [0.15, 0.2) is 0 Å². The van der Waals surface area contributed by atoms with Crippen molar-refractivity contribution in [2.75, 3.05) is 26.4 Å². The maximum atomic E-state index is 12.0. The molecule has 100 valence electrons. The smallest absolute Gasteiger partial charge is 0.271 e. The van der Waals surface area contributed by atoms with Crippen LogP contribution in [0.5, 0.6) is 0 Å². The molecule has 1 fully saturated rings. The molecule has 0 aromatic carbocycles. The van der Waals surface area contributed by atoms with Crippen molar-refractivity contribution in [3.05, 3.63) is 16.4 Å². The van der Waals surface area contributed by atoms with Crippen molar-refractivity contribution in [2.24, 2.45) is 7.05 Å². The molecule has 1 aromatic heterocycles. The Hall–Kier alpha value is -1.11. The van der Waals surface area contributed by atoms with Gasteiger partial charge < -0.3 is 14.8 Å². The molecule has 1 aliphatic rings. The van der Waals surface area contributed by atoms with Gasteiger partial charge in [-0.25, -0.2) is 0 Å². The van der Waals surface area contributed by atoms with Crippen molar-refractivity contribution in [1.82, 2.24) is 15.1 Å². The largest absolute Gasteiger partial charge is 0.376 e. The van der Waals surface area contributed by atoms with Gasteiger partial charge in [0.25, 0.3) is 5.91 Å². The molecule has 1 aliphatic heterocycles. The first-order chi connectivity index (χ1) is 8.59. The molecule has 0 unspecified atom stereocenters. The average Bonchev–Trinajstić information content (AvgIpc) is 2.62. The summed E-state index contributed by atoms with van der Waals surface area (Å²) in [6.45, 7) is 3.83. The SMILES string of the molecule is Cc1nn(C)c(C(=O)NC[C@@H]2COCCO2)c1Cl. The van der Waals surface area contributed by atoms with Gasteiger partial charge >= 0.3 is 0 Å². The number of hydrogen-bond donors (Lipinski definition) is 1. The minimum Gasteiger partial charge on any atom is -0.376 e. The van der Waals surface area contributed by atoms with Gasteiger partial charge in [-0.3, -0.25) is 9.48 Å². The number of ether oxygens (including phenoxy) is 2. The minimum absolute atomic E-state index is 0.101. The summed E-state index contributed by atoms with van der Waals surface area (Å²) in [5.41, 5.74) is 1.01. The van der Waals surface area contributed by atoms with E-state index in [4.69, 9.17) is 21.1 Å². The van der Waals surface area contributed by atoms with Crippen molar-refractivity contribution < 1.29 is 14.3 Å². The number of amides is 1. The van der Waals surface area contributed by atoms with Gasteiger partial charge in [0.2, 0.25) is 0 Å². The number of aromatic nitrogens is 2. The fourth-order valence-electron chi connectivity index (χ4n) is 1.82. The lowest BCUT2D eigenvalue weighted by atomic mass is 10.3. The number of nitrogens with zero attached hydrogens (tertiary/aromatic N) is 2. The van der Waals surface area contributed by atoms with E-state index in [9.17, 15) is 4.79 Å². The Morgan fingerprint density at radius 2 is 2.39 bits per heavy atom. The maximum absolute atomic E-state index is 12.0. The first kappa shape index (κ1) is 13.3. The standard InChI is InChI=1S/C11H16ClN3O3/c1-7-9(12)10(15(2)14-7)11(16)13-5-8-6-17-3-4-18-8/h8H,3-6H2,1-2H3,(H,13,16)/t8-/m1/s1. The molecule has 1 atom stereocenters. The van der Waals surface area contributed by atoms with Crippen LogP contribution in [-0.2, 0) is 16.5 Å². The van der Waals surface area contributed by atoms with Gasteiger partial charge in [0.15, 0.2) is 0 Å². The number of aryl methyl sites for hydroxylation is 2. The fraction of sp³-hybridized carbons (Fsp3) is 0.636. The normalized spacial score (nSPS) is 19.8. The number of carbonyl (C=O) groups is 1. The number of hydrogen-bond acceptors (Lipinski definition) is 4. The van der Waals surface area contributed by atoms with Crippen molar-refractivity contribution in [3.8, 4) is 0 Å². The summed E-state index contributed by atoms with van der Waals surface area (Å²) in [6, 6.07) is 0. The zero-order valence-electron chi connectivity index (χ0n) is 10.4. The quantitative estimate of drug-likeness (QED) is 0.872. The van der Waals surface area contributed by atoms with E-state index in [0.717, 1.165) is 0 Å². The third-order valence-electron chi connectivity index (χ3n) is 2.74. The first-order valence-electron chi connectivity index (χ1n) is 5.76. The lowest BCUT2D eigenvalue weighted by Gasteiger charge is -2.23. The maximum Gasteiger partial charge on any atom is 0.271 e. The molecule has 1 saturated heterocycles. The number of halogens is 1. The van der Waals surface area contributed by atoms with Gasteiger partial charge in [0.1, 0.15) is 5.69 Å². The Morgan fingerprint density at radius 1 is 1.61 bits per heavy atom. The lowest BCUT2D eigenvalue weighted by molar-refractivity contribution is -0.0855. The summed E-state index contributed by atoms with van der Waals surface area (Å²) in [4.78, 5) is 12.0. The Bertz CT molecular complexity index is 441. The average molecular weight is 274 g/mol. The summed E-state index contributed by atoms with van der Waals surface area (Å²) in [7, 11) is 1.69. The molecular formula is C11H16ClN3O3. The zero-order chi connectivity index (χ0) is 13.1. The monoisotopic (exact) mass is 273 g/mol. The summed E-state index contributed by atoms with van der Waals surface area (Å²) < 4.78 is 12.2. The summed E-state index contributed by atoms with van der Waals surface area (Å²) in [6.07, 6.45) is -0.101. The molecule has 0 aliphatic carbocycles. The second kappa shape index (κ2) is 5.69. The summed E-state index contributed by atoms with van der Waals surface area (Å²) in [5.74, 6) is -0.253. The minimum atomic E-state index is -0.253. The Labute approximate surface area is 110 Å². The molecule has 18 heavy (non-hydrogen) atoms. The third kappa shape index (κ3) is 2.82. The molecule has 1 N–H and O–H groups in total. The van der Waals surface area contributed by atoms with E-state index in [2.05, 4.69) is 10.4 Å². The highest BCUT2D eigenvalue weighted by molar-refractivity contribution is 6.34. The Morgan fingerprint density at radius 3 is 2.94 bits per heavy atom. The molecule has 7 heteroatoms. The van der Waals surface area contributed by atoms with Gasteiger partial charge in [0.05, 0.1) is 36.6 Å². The van der Waals surface area contributed by atoms with E-state index in [-0.39, 0.29) is 12.0 Å². The zero-order valence-corrected chi connectivity index (χ0v) is 11.2. The molecule has 2 rings (SSSR count). The van der Waals surface area contributed by atoms with Crippen LogP contribution in [0.1, 0.15) is 16.2 Å². The highest BCUT2D eigenvalue weighted by Gasteiger charge is 2.20. The number of nitrogens with one attached hydrogen (secondary N) is 1. The molecular weight excluding hydrogens is 258 g/mol. The van der Waals surface area contributed by atoms with E-state index < -0.39 is 0 Å². The van der Waals surface area contributed by atoms with Gasteiger partial charge in [-0.1, -0.05) is 11.6 Å². The first-order valence-corrected chi connectivity index (χ1v) is 6.14. The Kier molecular flexibility index (Phi) is 4.21. The van der Waals surface area contributed by atoms with Crippen LogP contribution in [-0.4, -0.2) is 48.2 Å². The highest BCUT2D eigenvalue weighted by atomic mass is 35.5. The van der Waals surface area contributed by atoms with Gasteiger partial charge in [0, 0.05) is 13.6 Å². The van der Waals surface area contributed by atoms with Crippen LogP contribution in [0, 0.1) is 6.92 Å². The van der Waals surface area contributed by atoms with E-state index in [1.165, 1.54) is 4.68 Å².